The minimum absolute atomic E-state index is 0.0101. The van der Waals surface area contributed by atoms with E-state index in [1.165, 1.54) is 7.05 Å². The summed E-state index contributed by atoms with van der Waals surface area (Å²) in [6.07, 6.45) is 1.69. The van der Waals surface area contributed by atoms with E-state index < -0.39 is 34.9 Å². The highest BCUT2D eigenvalue weighted by Crippen LogP contribution is 2.29. The van der Waals surface area contributed by atoms with Crippen LogP contribution in [0.25, 0.3) is 0 Å². The minimum atomic E-state index is -0.802. The van der Waals surface area contributed by atoms with Gasteiger partial charge in [-0.15, -0.1) is 0 Å². The number of hydrogen-bond acceptors (Lipinski definition) is 5. The van der Waals surface area contributed by atoms with Gasteiger partial charge in [0.1, 0.15) is 6.04 Å². The van der Waals surface area contributed by atoms with Gasteiger partial charge in [-0.1, -0.05) is 84.9 Å². The van der Waals surface area contributed by atoms with Gasteiger partial charge in [-0.3, -0.25) is 19.6 Å². The zero-order valence-corrected chi connectivity index (χ0v) is 23.8. The molecule has 3 atom stereocenters. The lowest BCUT2D eigenvalue weighted by molar-refractivity contribution is -0.154. The molecule has 1 rings (SSSR count). The third-order valence-electron chi connectivity index (χ3n) is 6.72. The number of rotatable bonds is 10. The van der Waals surface area contributed by atoms with E-state index in [4.69, 9.17) is 0 Å². The summed E-state index contributed by atoms with van der Waals surface area (Å²) in [4.78, 5) is 41.2. The normalized spacial score (nSPS) is 15.2. The highest BCUT2D eigenvalue weighted by atomic mass is 16.5. The quantitative estimate of drug-likeness (QED) is 0.259. The summed E-state index contributed by atoms with van der Waals surface area (Å²) in [6, 6.07) is 8.01. The molecule has 0 fully saturated rings. The van der Waals surface area contributed by atoms with Gasteiger partial charge in [0.15, 0.2) is 0 Å². The van der Waals surface area contributed by atoms with Crippen molar-refractivity contribution in [2.45, 2.75) is 78.9 Å². The fraction of sp³-hybridized carbons (Fsp3) is 0.607. The van der Waals surface area contributed by atoms with Crippen LogP contribution in [0.1, 0.15) is 61.0 Å². The van der Waals surface area contributed by atoms with Crippen molar-refractivity contribution in [3.8, 4) is 0 Å². The molecule has 8 nitrogen and oxygen atoms in total. The predicted molar refractivity (Wildman–Crippen MR) is 143 cm³/mol. The molecule has 1 aromatic carbocycles. The van der Waals surface area contributed by atoms with Crippen molar-refractivity contribution >= 4 is 17.7 Å². The second-order valence-corrected chi connectivity index (χ2v) is 11.5. The Balaban J connectivity index is 3.31. The number of amides is 3. The Morgan fingerprint density at radius 1 is 0.972 bits per heavy atom. The summed E-state index contributed by atoms with van der Waals surface area (Å²) < 4.78 is 0. The molecular formula is C28H46N4O4. The van der Waals surface area contributed by atoms with Gasteiger partial charge in [0.05, 0.1) is 12.1 Å². The Morgan fingerprint density at radius 2 is 1.50 bits per heavy atom. The molecule has 0 aliphatic rings. The smallest absolute Gasteiger partial charge is 0.272 e. The second-order valence-electron chi connectivity index (χ2n) is 11.5. The molecule has 0 aromatic heterocycles. The van der Waals surface area contributed by atoms with Crippen molar-refractivity contribution in [2.24, 2.45) is 11.3 Å². The Morgan fingerprint density at radius 3 is 1.92 bits per heavy atom. The van der Waals surface area contributed by atoms with Crippen LogP contribution < -0.4 is 10.6 Å². The van der Waals surface area contributed by atoms with Crippen LogP contribution in [0.15, 0.2) is 42.0 Å². The first-order valence-electron chi connectivity index (χ1n) is 12.4. The zero-order chi connectivity index (χ0) is 28.0. The van der Waals surface area contributed by atoms with Crippen LogP contribution in [0.4, 0.5) is 0 Å². The van der Waals surface area contributed by atoms with E-state index in [-0.39, 0.29) is 17.7 Å². The van der Waals surface area contributed by atoms with E-state index >= 15 is 0 Å². The highest BCUT2D eigenvalue weighted by molar-refractivity contribution is 5.93. The fourth-order valence-electron chi connectivity index (χ4n) is 4.41. The molecule has 0 aliphatic carbocycles. The molecule has 0 aliphatic heterocycles. The number of benzene rings is 1. The topological polar surface area (TPSA) is 102 Å². The van der Waals surface area contributed by atoms with Gasteiger partial charge in [-0.25, -0.2) is 5.06 Å². The van der Waals surface area contributed by atoms with E-state index in [0.29, 0.717) is 10.6 Å². The lowest BCUT2D eigenvalue weighted by Crippen LogP contribution is -2.61. The van der Waals surface area contributed by atoms with Gasteiger partial charge >= 0.3 is 0 Å². The van der Waals surface area contributed by atoms with Crippen molar-refractivity contribution in [3.05, 3.63) is 47.5 Å². The molecule has 0 saturated carbocycles. The number of hydrogen-bond donors (Lipinski definition) is 3. The monoisotopic (exact) mass is 502 g/mol. The first kappa shape index (κ1) is 31.3. The predicted octanol–water partition coefficient (Wildman–Crippen LogP) is 3.36. The molecule has 202 valence electrons. The maximum absolute atomic E-state index is 13.8. The average Bonchev–Trinajstić information content (AvgIpc) is 2.79. The number of carbonyl (C=O) groups is 3. The van der Waals surface area contributed by atoms with Crippen LogP contribution in [0.5, 0.6) is 0 Å². The van der Waals surface area contributed by atoms with Crippen LogP contribution in [0.2, 0.25) is 0 Å². The molecule has 3 amide bonds. The van der Waals surface area contributed by atoms with Gasteiger partial charge in [0.25, 0.3) is 5.91 Å². The molecule has 0 radical (unpaired) electrons. The summed E-state index contributed by atoms with van der Waals surface area (Å²) in [5.74, 6) is -1.07. The molecule has 0 saturated heterocycles. The van der Waals surface area contributed by atoms with Crippen LogP contribution in [-0.4, -0.2) is 72.2 Å². The molecule has 3 N–H and O–H groups in total. The number of carbonyl (C=O) groups excluding carboxylic acids is 3. The van der Waals surface area contributed by atoms with E-state index in [0.717, 1.165) is 5.56 Å². The van der Waals surface area contributed by atoms with E-state index in [1.807, 2.05) is 78.8 Å². The SMILES string of the molecule is CN[C@H](C(=O)N[C@H](C(=O)N(C)[C@H](/C=C(\C)C(=O)N(C)O)C(C)C)C(C)(C)C)C(C)(C)c1ccccc1. The number of nitrogens with one attached hydrogen (secondary N) is 2. The molecule has 8 heteroatoms. The summed E-state index contributed by atoms with van der Waals surface area (Å²) in [5, 5.41) is 16.2. The Kier molecular flexibility index (Phi) is 10.9. The largest absolute Gasteiger partial charge is 0.342 e. The fourth-order valence-corrected chi connectivity index (χ4v) is 4.41. The van der Waals surface area contributed by atoms with Crippen molar-refractivity contribution in [2.75, 3.05) is 21.1 Å². The zero-order valence-electron chi connectivity index (χ0n) is 23.8. The molecule has 0 heterocycles. The van der Waals surface area contributed by atoms with Crippen molar-refractivity contribution in [1.82, 2.24) is 20.6 Å². The van der Waals surface area contributed by atoms with Gasteiger partial charge in [0, 0.05) is 25.1 Å². The summed E-state index contributed by atoms with van der Waals surface area (Å²) in [7, 11) is 4.68. The Hall–Kier alpha value is -2.71. The molecule has 1 aromatic rings. The molecule has 36 heavy (non-hydrogen) atoms. The molecule has 0 bridgehead atoms. The highest BCUT2D eigenvalue weighted by Gasteiger charge is 2.41. The molecule has 0 spiro atoms. The van der Waals surface area contributed by atoms with E-state index in [9.17, 15) is 19.6 Å². The third-order valence-corrected chi connectivity index (χ3v) is 6.72. The second kappa shape index (κ2) is 12.5. The molecule has 0 unspecified atom stereocenters. The standard InChI is InChI=1S/C28H46N4O4/c1-18(2)21(17-19(3)25(34)32(11)36)31(10)26(35)23(27(4,5)6)30-24(33)22(29-9)28(7,8)20-15-13-12-14-16-20/h12-18,21-23,29,36H,1-11H3,(H,30,33)/b19-17+/t21-,22-,23-/m1/s1. The van der Waals surface area contributed by atoms with Gasteiger partial charge in [0.2, 0.25) is 11.8 Å². The van der Waals surface area contributed by atoms with Gasteiger partial charge < -0.3 is 15.5 Å². The van der Waals surface area contributed by atoms with Gasteiger partial charge in [-0.2, -0.15) is 0 Å². The summed E-state index contributed by atoms with van der Waals surface area (Å²) in [6.45, 7) is 15.3. The summed E-state index contributed by atoms with van der Waals surface area (Å²) >= 11 is 0. The third kappa shape index (κ3) is 7.64. The van der Waals surface area contributed by atoms with E-state index in [1.54, 1.807) is 32.0 Å². The van der Waals surface area contributed by atoms with Crippen molar-refractivity contribution in [1.29, 1.82) is 0 Å². The Labute approximate surface area is 217 Å². The van der Waals surface area contributed by atoms with Crippen LogP contribution in [-0.2, 0) is 19.8 Å². The van der Waals surface area contributed by atoms with Gasteiger partial charge in [-0.05, 0) is 30.9 Å². The Bertz CT molecular complexity index is 933. The number of nitrogens with zero attached hydrogens (tertiary/aromatic N) is 2. The first-order valence-corrected chi connectivity index (χ1v) is 12.4. The van der Waals surface area contributed by atoms with E-state index in [2.05, 4.69) is 10.6 Å². The van der Waals surface area contributed by atoms with Crippen LogP contribution in [0.3, 0.4) is 0 Å². The van der Waals surface area contributed by atoms with Crippen molar-refractivity contribution < 1.29 is 19.6 Å². The average molecular weight is 503 g/mol. The van der Waals surface area contributed by atoms with Crippen LogP contribution in [0, 0.1) is 11.3 Å². The molecular weight excluding hydrogens is 456 g/mol. The number of likely N-dealkylation sites (N-methyl/N-ethyl adjacent to an activating group) is 3. The lowest BCUT2D eigenvalue weighted by Gasteiger charge is -2.40. The number of hydroxylamine groups is 2. The maximum atomic E-state index is 13.8. The summed E-state index contributed by atoms with van der Waals surface area (Å²) in [5.41, 5.74) is 0.232. The van der Waals surface area contributed by atoms with Crippen LogP contribution >= 0.6 is 0 Å². The first-order chi connectivity index (χ1) is 16.5. The minimum Gasteiger partial charge on any atom is -0.342 e. The lowest BCUT2D eigenvalue weighted by atomic mass is 9.76. The van der Waals surface area contributed by atoms with Crippen molar-refractivity contribution in [3.63, 3.8) is 0 Å². The maximum Gasteiger partial charge on any atom is 0.272 e.